The number of hydrogen-bond acceptors (Lipinski definition) is 4. The molecule has 0 radical (unpaired) electrons. The first kappa shape index (κ1) is 16.4. The van der Waals surface area contributed by atoms with E-state index in [9.17, 15) is 4.79 Å². The molecule has 0 fully saturated rings. The molecule has 112 valence electrons. The number of nitrogens with one attached hydrogen (secondary N) is 1. The highest BCUT2D eigenvalue weighted by Gasteiger charge is 2.15. The van der Waals surface area contributed by atoms with Crippen LogP contribution >= 0.6 is 0 Å². The molecule has 1 atom stereocenters. The lowest BCUT2D eigenvalue weighted by molar-refractivity contribution is -0.117. The number of nitrogens with two attached hydrogens (primary N) is 1. The van der Waals surface area contributed by atoms with E-state index >= 15 is 0 Å². The summed E-state index contributed by atoms with van der Waals surface area (Å²) in [4.78, 5) is 18.3. The summed E-state index contributed by atoms with van der Waals surface area (Å²) in [6, 6.07) is 3.68. The van der Waals surface area contributed by atoms with Crippen LogP contribution in [0.5, 0.6) is 0 Å². The predicted octanol–water partition coefficient (Wildman–Crippen LogP) is 2.10. The second-order valence-electron chi connectivity index (χ2n) is 5.75. The van der Waals surface area contributed by atoms with Crippen LogP contribution in [0.4, 0.5) is 11.5 Å². The minimum Gasteiger partial charge on any atom is -0.361 e. The molecule has 0 aromatic carbocycles. The van der Waals surface area contributed by atoms with Crippen molar-refractivity contribution in [3.8, 4) is 0 Å². The summed E-state index contributed by atoms with van der Waals surface area (Å²) in [6.07, 6.45) is 3.14. The first-order valence-corrected chi connectivity index (χ1v) is 7.06. The van der Waals surface area contributed by atoms with Gasteiger partial charge in [-0.05, 0) is 36.9 Å². The van der Waals surface area contributed by atoms with Crippen LogP contribution in [0, 0.1) is 11.8 Å². The van der Waals surface area contributed by atoms with Crippen molar-refractivity contribution in [2.75, 3.05) is 30.9 Å². The highest BCUT2D eigenvalue weighted by molar-refractivity contribution is 5.93. The molecule has 3 N–H and O–H groups in total. The molecule has 0 aliphatic heterocycles. The third kappa shape index (κ3) is 5.17. The van der Waals surface area contributed by atoms with Crippen LogP contribution in [-0.4, -0.2) is 31.5 Å². The Kier molecular flexibility index (Phi) is 6.45. The molecule has 0 saturated heterocycles. The van der Waals surface area contributed by atoms with Crippen LogP contribution in [0.3, 0.4) is 0 Å². The van der Waals surface area contributed by atoms with Gasteiger partial charge in [-0.3, -0.25) is 4.79 Å². The summed E-state index contributed by atoms with van der Waals surface area (Å²) in [6.45, 7) is 4.83. The summed E-state index contributed by atoms with van der Waals surface area (Å²) < 4.78 is 0. The average molecular weight is 278 g/mol. The monoisotopic (exact) mass is 278 g/mol. The number of anilines is 2. The van der Waals surface area contributed by atoms with Gasteiger partial charge in [-0.2, -0.15) is 0 Å². The Labute approximate surface area is 121 Å². The van der Waals surface area contributed by atoms with Gasteiger partial charge >= 0.3 is 0 Å². The number of aromatic nitrogens is 1. The molecular weight excluding hydrogens is 252 g/mol. The molecule has 1 aromatic rings. The first-order chi connectivity index (χ1) is 9.43. The predicted molar refractivity (Wildman–Crippen MR) is 83.8 cm³/mol. The van der Waals surface area contributed by atoms with E-state index in [-0.39, 0.29) is 11.8 Å². The van der Waals surface area contributed by atoms with Crippen molar-refractivity contribution >= 4 is 17.4 Å². The van der Waals surface area contributed by atoms with Gasteiger partial charge in [-0.25, -0.2) is 4.98 Å². The lowest BCUT2D eigenvalue weighted by atomic mass is 9.94. The number of hydrogen-bond donors (Lipinski definition) is 2. The van der Waals surface area contributed by atoms with Crippen LogP contribution in [0.1, 0.15) is 26.7 Å². The number of nitrogens with zero attached hydrogens (tertiary/aromatic N) is 2. The van der Waals surface area contributed by atoms with Crippen molar-refractivity contribution in [3.63, 3.8) is 0 Å². The molecule has 0 aliphatic rings. The standard InChI is InChI=1S/C15H26N4O/c1-11(2)8-12(10-16)9-14(20)18-13-6-5-7-17-15(13)19(3)4/h5-7,11-12H,8-10,16H2,1-4H3,(H,18,20)/t12-/m0/s1. The van der Waals surface area contributed by atoms with Crippen molar-refractivity contribution in [1.29, 1.82) is 0 Å². The van der Waals surface area contributed by atoms with E-state index in [4.69, 9.17) is 5.73 Å². The second-order valence-corrected chi connectivity index (χ2v) is 5.75. The maximum absolute atomic E-state index is 12.1. The molecular formula is C15H26N4O. The van der Waals surface area contributed by atoms with Gasteiger partial charge in [0.15, 0.2) is 5.82 Å². The Morgan fingerprint density at radius 2 is 2.15 bits per heavy atom. The van der Waals surface area contributed by atoms with Crippen LogP contribution in [-0.2, 0) is 4.79 Å². The quantitative estimate of drug-likeness (QED) is 0.801. The zero-order valence-electron chi connectivity index (χ0n) is 12.9. The molecule has 1 aromatic heterocycles. The fraction of sp³-hybridized carbons (Fsp3) is 0.600. The van der Waals surface area contributed by atoms with Crippen molar-refractivity contribution in [2.24, 2.45) is 17.6 Å². The molecule has 5 heteroatoms. The van der Waals surface area contributed by atoms with E-state index in [2.05, 4.69) is 24.1 Å². The first-order valence-electron chi connectivity index (χ1n) is 7.06. The van der Waals surface area contributed by atoms with Gasteiger partial charge in [0.25, 0.3) is 0 Å². The Bertz CT molecular complexity index is 432. The van der Waals surface area contributed by atoms with Crippen molar-refractivity contribution in [2.45, 2.75) is 26.7 Å². The Balaban J connectivity index is 2.66. The van der Waals surface area contributed by atoms with Crippen LogP contribution in [0.15, 0.2) is 18.3 Å². The van der Waals surface area contributed by atoms with Crippen molar-refractivity contribution in [3.05, 3.63) is 18.3 Å². The van der Waals surface area contributed by atoms with Gasteiger partial charge < -0.3 is 16.0 Å². The third-order valence-corrected chi connectivity index (χ3v) is 3.10. The van der Waals surface area contributed by atoms with E-state index in [0.29, 0.717) is 18.9 Å². The maximum atomic E-state index is 12.1. The minimum absolute atomic E-state index is 0.00259. The van der Waals surface area contributed by atoms with Crippen LogP contribution < -0.4 is 16.0 Å². The summed E-state index contributed by atoms with van der Waals surface area (Å²) in [5.74, 6) is 1.53. The molecule has 0 unspecified atom stereocenters. The smallest absolute Gasteiger partial charge is 0.224 e. The second kappa shape index (κ2) is 7.85. The van der Waals surface area contributed by atoms with Gasteiger partial charge in [0.1, 0.15) is 0 Å². The highest BCUT2D eigenvalue weighted by Crippen LogP contribution is 2.21. The Hall–Kier alpha value is -1.62. The summed E-state index contributed by atoms with van der Waals surface area (Å²) in [7, 11) is 3.80. The molecule has 1 amide bonds. The molecule has 1 rings (SSSR count). The average Bonchev–Trinajstić information content (AvgIpc) is 2.37. The number of carbonyl (C=O) groups is 1. The van der Waals surface area contributed by atoms with E-state index in [1.165, 1.54) is 0 Å². The Morgan fingerprint density at radius 3 is 2.70 bits per heavy atom. The van der Waals surface area contributed by atoms with E-state index in [0.717, 1.165) is 17.9 Å². The SMILES string of the molecule is CC(C)C[C@H](CN)CC(=O)Nc1cccnc1N(C)C. The zero-order valence-corrected chi connectivity index (χ0v) is 12.9. The topological polar surface area (TPSA) is 71.2 Å². The largest absolute Gasteiger partial charge is 0.361 e. The van der Waals surface area contributed by atoms with Crippen molar-refractivity contribution in [1.82, 2.24) is 4.98 Å². The zero-order chi connectivity index (χ0) is 15.1. The lowest BCUT2D eigenvalue weighted by Crippen LogP contribution is -2.24. The van der Waals surface area contributed by atoms with Gasteiger partial charge in [-0.15, -0.1) is 0 Å². The molecule has 0 bridgehead atoms. The third-order valence-electron chi connectivity index (χ3n) is 3.10. The molecule has 20 heavy (non-hydrogen) atoms. The van der Waals surface area contributed by atoms with Crippen molar-refractivity contribution < 1.29 is 4.79 Å². The summed E-state index contributed by atoms with van der Waals surface area (Å²) >= 11 is 0. The van der Waals surface area contributed by atoms with Gasteiger partial charge in [0, 0.05) is 26.7 Å². The fourth-order valence-electron chi connectivity index (χ4n) is 2.24. The molecule has 5 nitrogen and oxygen atoms in total. The number of carbonyl (C=O) groups excluding carboxylic acids is 1. The Morgan fingerprint density at radius 1 is 1.45 bits per heavy atom. The van der Waals surface area contributed by atoms with E-state index in [1.54, 1.807) is 6.20 Å². The lowest BCUT2D eigenvalue weighted by Gasteiger charge is -2.19. The van der Waals surface area contributed by atoms with E-state index < -0.39 is 0 Å². The molecule has 0 aliphatic carbocycles. The fourth-order valence-corrected chi connectivity index (χ4v) is 2.24. The highest BCUT2D eigenvalue weighted by atomic mass is 16.1. The molecule has 0 spiro atoms. The van der Waals surface area contributed by atoms with Gasteiger partial charge in [0.05, 0.1) is 5.69 Å². The number of amides is 1. The normalized spacial score (nSPS) is 12.3. The minimum atomic E-state index is -0.00259. The maximum Gasteiger partial charge on any atom is 0.224 e. The molecule has 0 saturated carbocycles. The van der Waals surface area contributed by atoms with Gasteiger partial charge in [-0.1, -0.05) is 13.8 Å². The summed E-state index contributed by atoms with van der Waals surface area (Å²) in [5, 5.41) is 2.93. The van der Waals surface area contributed by atoms with Crippen LogP contribution in [0.25, 0.3) is 0 Å². The number of pyridine rings is 1. The van der Waals surface area contributed by atoms with Crippen LogP contribution in [0.2, 0.25) is 0 Å². The van der Waals surface area contributed by atoms with E-state index in [1.807, 2.05) is 31.1 Å². The summed E-state index contributed by atoms with van der Waals surface area (Å²) in [5.41, 5.74) is 6.48. The molecule has 1 heterocycles. The number of rotatable bonds is 7. The van der Waals surface area contributed by atoms with Gasteiger partial charge in [0.2, 0.25) is 5.91 Å².